The van der Waals surface area contributed by atoms with E-state index in [1.807, 2.05) is 31.6 Å². The number of thiophene rings is 1. The predicted octanol–water partition coefficient (Wildman–Crippen LogP) is 1.73. The Morgan fingerprint density at radius 2 is 2.27 bits per heavy atom. The van der Waals surface area contributed by atoms with Gasteiger partial charge in [-0.3, -0.25) is 9.59 Å². The maximum atomic E-state index is 12.5. The molecule has 1 saturated heterocycles. The molecule has 2 heterocycles. The topological polar surface area (TPSA) is 52.7 Å². The number of piperidine rings is 1. The molecule has 2 rings (SSSR count). The number of nitrogens with one attached hydrogen (secondary N) is 1. The van der Waals surface area contributed by atoms with Gasteiger partial charge in [0, 0.05) is 24.9 Å². The maximum Gasteiger partial charge on any atom is 0.225 e. The fourth-order valence-corrected chi connectivity index (χ4v) is 3.83. The molecule has 0 radical (unpaired) electrons. The number of nitrogens with zero attached hydrogens (tertiary/aromatic N) is 2. The molecule has 0 spiro atoms. The Bertz CT molecular complexity index is 501. The molecular weight excluding hydrogens is 298 g/mol. The minimum Gasteiger partial charge on any atom is -0.356 e. The average Bonchev–Trinajstić information content (AvgIpc) is 2.99. The molecular formula is C16H25N3O2S. The lowest BCUT2D eigenvalue weighted by Gasteiger charge is -2.37. The second-order valence-electron chi connectivity index (χ2n) is 6.06. The van der Waals surface area contributed by atoms with Crippen molar-refractivity contribution in [3.63, 3.8) is 0 Å². The first-order valence-electron chi connectivity index (χ1n) is 7.72. The normalized spacial score (nSPS) is 22.2. The van der Waals surface area contributed by atoms with Crippen LogP contribution in [0.1, 0.15) is 30.2 Å². The van der Waals surface area contributed by atoms with Gasteiger partial charge >= 0.3 is 0 Å². The number of amides is 2. The third-order valence-corrected chi connectivity index (χ3v) is 5.06. The van der Waals surface area contributed by atoms with Crippen LogP contribution in [0.4, 0.5) is 0 Å². The first-order valence-corrected chi connectivity index (χ1v) is 8.60. The van der Waals surface area contributed by atoms with Gasteiger partial charge in [0.1, 0.15) is 0 Å². The summed E-state index contributed by atoms with van der Waals surface area (Å²) in [4.78, 5) is 29.5. The second kappa shape index (κ2) is 7.74. The third-order valence-electron chi connectivity index (χ3n) is 4.11. The molecule has 5 nitrogen and oxygen atoms in total. The zero-order valence-electron chi connectivity index (χ0n) is 13.5. The Kier molecular flexibility index (Phi) is 5.97. The van der Waals surface area contributed by atoms with Crippen LogP contribution in [-0.2, 0) is 9.59 Å². The summed E-state index contributed by atoms with van der Waals surface area (Å²) in [6.45, 7) is 1.64. The predicted molar refractivity (Wildman–Crippen MR) is 88.7 cm³/mol. The Morgan fingerprint density at radius 3 is 2.91 bits per heavy atom. The highest BCUT2D eigenvalue weighted by Crippen LogP contribution is 2.37. The minimum absolute atomic E-state index is 0.0662. The molecule has 122 valence electrons. The summed E-state index contributed by atoms with van der Waals surface area (Å²) in [6.07, 6.45) is 2.02. The number of hydrogen-bond acceptors (Lipinski definition) is 4. The van der Waals surface area contributed by atoms with E-state index in [2.05, 4.69) is 10.2 Å². The summed E-state index contributed by atoms with van der Waals surface area (Å²) in [5, 5.41) is 5.03. The highest BCUT2D eigenvalue weighted by atomic mass is 32.1. The van der Waals surface area contributed by atoms with E-state index in [1.54, 1.807) is 23.3 Å². The van der Waals surface area contributed by atoms with Gasteiger partial charge in [-0.2, -0.15) is 0 Å². The summed E-state index contributed by atoms with van der Waals surface area (Å²) in [6, 6.07) is 3.85. The molecule has 1 aromatic rings. The number of likely N-dealkylation sites (tertiary alicyclic amines) is 1. The molecule has 22 heavy (non-hydrogen) atoms. The summed E-state index contributed by atoms with van der Waals surface area (Å²) < 4.78 is 0. The monoisotopic (exact) mass is 323 g/mol. The zero-order valence-corrected chi connectivity index (χ0v) is 14.4. The lowest BCUT2D eigenvalue weighted by atomic mass is 9.87. The van der Waals surface area contributed by atoms with Crippen molar-refractivity contribution in [1.82, 2.24) is 15.1 Å². The fourth-order valence-electron chi connectivity index (χ4n) is 2.90. The van der Waals surface area contributed by atoms with Gasteiger partial charge in [-0.1, -0.05) is 6.07 Å². The number of carbonyl (C=O) groups is 2. The van der Waals surface area contributed by atoms with Gasteiger partial charge in [0.05, 0.1) is 12.0 Å². The van der Waals surface area contributed by atoms with E-state index in [9.17, 15) is 9.59 Å². The van der Waals surface area contributed by atoms with Gasteiger partial charge in [0.25, 0.3) is 0 Å². The van der Waals surface area contributed by atoms with Crippen LogP contribution in [0.2, 0.25) is 0 Å². The maximum absolute atomic E-state index is 12.5. The van der Waals surface area contributed by atoms with Crippen LogP contribution in [-0.4, -0.2) is 55.8 Å². The van der Waals surface area contributed by atoms with E-state index in [1.165, 1.54) is 0 Å². The minimum atomic E-state index is -0.152. The quantitative estimate of drug-likeness (QED) is 0.811. The lowest BCUT2D eigenvalue weighted by molar-refractivity contribution is -0.141. The van der Waals surface area contributed by atoms with Crippen LogP contribution >= 0.6 is 11.3 Å². The van der Waals surface area contributed by atoms with Gasteiger partial charge in [-0.05, 0) is 44.9 Å². The number of hydrogen-bond donors (Lipinski definition) is 1. The standard InChI is InChI=1S/C16H25N3O2S/c1-18(2)10-5-9-17-16(21)12-7-8-14(20)19(3)15(12)13-6-4-11-22-13/h4,6,11-12,15H,5,7-10H2,1-3H3,(H,17,21)/t12-,15+/m0/s1. The Hall–Kier alpha value is -1.40. The van der Waals surface area contributed by atoms with Crippen molar-refractivity contribution in [1.29, 1.82) is 0 Å². The van der Waals surface area contributed by atoms with Crippen LogP contribution in [0, 0.1) is 5.92 Å². The summed E-state index contributed by atoms with van der Waals surface area (Å²) in [5.74, 6) is 0.0345. The Morgan fingerprint density at radius 1 is 1.50 bits per heavy atom. The molecule has 2 atom stereocenters. The van der Waals surface area contributed by atoms with Gasteiger partial charge in [-0.25, -0.2) is 0 Å². The van der Waals surface area contributed by atoms with E-state index in [0.717, 1.165) is 17.8 Å². The third kappa shape index (κ3) is 4.08. The van der Waals surface area contributed by atoms with E-state index < -0.39 is 0 Å². The zero-order chi connectivity index (χ0) is 16.1. The summed E-state index contributed by atoms with van der Waals surface area (Å²) in [7, 11) is 5.85. The van der Waals surface area contributed by atoms with Gasteiger partial charge in [-0.15, -0.1) is 11.3 Å². The SMILES string of the molecule is CN(C)CCCNC(=O)[C@H]1CCC(=O)N(C)[C@H]1c1cccs1. The van der Waals surface area contributed by atoms with Crippen molar-refractivity contribution in [2.45, 2.75) is 25.3 Å². The molecule has 1 fully saturated rings. The van der Waals surface area contributed by atoms with E-state index in [4.69, 9.17) is 0 Å². The molecule has 2 amide bonds. The van der Waals surface area contributed by atoms with Crippen molar-refractivity contribution >= 4 is 23.2 Å². The molecule has 0 unspecified atom stereocenters. The highest BCUT2D eigenvalue weighted by Gasteiger charge is 2.39. The lowest BCUT2D eigenvalue weighted by Crippen LogP contribution is -2.46. The Labute approximate surface area is 136 Å². The first kappa shape index (κ1) is 17.0. The van der Waals surface area contributed by atoms with Crippen molar-refractivity contribution in [2.24, 2.45) is 5.92 Å². The smallest absolute Gasteiger partial charge is 0.225 e. The van der Waals surface area contributed by atoms with Crippen LogP contribution in [0.5, 0.6) is 0 Å². The largest absolute Gasteiger partial charge is 0.356 e. The van der Waals surface area contributed by atoms with Crippen molar-refractivity contribution in [3.05, 3.63) is 22.4 Å². The first-order chi connectivity index (χ1) is 10.5. The molecule has 0 saturated carbocycles. The van der Waals surface area contributed by atoms with Crippen molar-refractivity contribution in [2.75, 3.05) is 34.2 Å². The fraction of sp³-hybridized carbons (Fsp3) is 0.625. The molecule has 1 aromatic heterocycles. The van der Waals surface area contributed by atoms with Crippen LogP contribution in [0.15, 0.2) is 17.5 Å². The molecule has 0 aromatic carbocycles. The van der Waals surface area contributed by atoms with Crippen molar-refractivity contribution < 1.29 is 9.59 Å². The number of carbonyl (C=O) groups excluding carboxylic acids is 2. The van der Waals surface area contributed by atoms with Crippen LogP contribution in [0.25, 0.3) is 0 Å². The summed E-state index contributed by atoms with van der Waals surface area (Å²) >= 11 is 1.61. The van der Waals surface area contributed by atoms with E-state index >= 15 is 0 Å². The molecule has 1 aliphatic rings. The van der Waals surface area contributed by atoms with Crippen LogP contribution in [0.3, 0.4) is 0 Å². The molecule has 0 bridgehead atoms. The van der Waals surface area contributed by atoms with Crippen LogP contribution < -0.4 is 5.32 Å². The molecule has 1 N–H and O–H groups in total. The highest BCUT2D eigenvalue weighted by molar-refractivity contribution is 7.10. The van der Waals surface area contributed by atoms with Gasteiger partial charge in [0.15, 0.2) is 0 Å². The molecule has 6 heteroatoms. The average molecular weight is 323 g/mol. The van der Waals surface area contributed by atoms with Gasteiger partial charge in [0.2, 0.25) is 11.8 Å². The Balaban J connectivity index is 2.00. The molecule has 1 aliphatic heterocycles. The molecule has 0 aliphatic carbocycles. The van der Waals surface area contributed by atoms with E-state index in [-0.39, 0.29) is 23.8 Å². The number of rotatable bonds is 6. The van der Waals surface area contributed by atoms with E-state index in [0.29, 0.717) is 19.4 Å². The van der Waals surface area contributed by atoms with Crippen molar-refractivity contribution in [3.8, 4) is 0 Å². The van der Waals surface area contributed by atoms with Gasteiger partial charge < -0.3 is 15.1 Å². The second-order valence-corrected chi connectivity index (χ2v) is 7.04. The summed E-state index contributed by atoms with van der Waals surface area (Å²) in [5.41, 5.74) is 0.